The molecule has 0 saturated carbocycles. The molecule has 0 unspecified atom stereocenters. The SMILES string of the molecule is N#Cc1ccc2c(c1)c1ccccc1n2-c1ccccc1-c1ccc(-n2c3ccccc3c3ccccc32)cc1C#N. The molecule has 42 heavy (non-hydrogen) atoms. The van der Waals surface area contributed by atoms with Gasteiger partial charge in [-0.05, 0) is 54.6 Å². The summed E-state index contributed by atoms with van der Waals surface area (Å²) in [6.07, 6.45) is 0. The van der Waals surface area contributed by atoms with Crippen LogP contribution >= 0.6 is 0 Å². The van der Waals surface area contributed by atoms with Crippen molar-refractivity contribution in [1.82, 2.24) is 9.13 Å². The molecule has 0 bridgehead atoms. The highest BCUT2D eigenvalue weighted by Crippen LogP contribution is 2.39. The van der Waals surface area contributed by atoms with Crippen LogP contribution < -0.4 is 0 Å². The Morgan fingerprint density at radius 3 is 1.67 bits per heavy atom. The highest BCUT2D eigenvalue weighted by atomic mass is 15.0. The second kappa shape index (κ2) is 9.24. The molecule has 0 saturated heterocycles. The molecule has 4 heteroatoms. The monoisotopic (exact) mass is 534 g/mol. The molecule has 0 spiro atoms. The molecule has 8 aromatic rings. The van der Waals surface area contributed by atoms with E-state index in [9.17, 15) is 10.5 Å². The molecule has 2 heterocycles. The van der Waals surface area contributed by atoms with Crippen LogP contribution in [0.25, 0.3) is 66.1 Å². The standard InChI is InChI=1S/C38H22N4/c39-23-25-17-20-38-33(21-25)32-12-4-8-16-37(32)42(38)36-15-7-1-9-29(36)28-19-18-27(22-26(28)24-40)41-34-13-5-2-10-30(34)31-11-3-6-14-35(31)41/h1-22H. The van der Waals surface area contributed by atoms with Crippen molar-refractivity contribution in [2.24, 2.45) is 0 Å². The summed E-state index contributed by atoms with van der Waals surface area (Å²) in [4.78, 5) is 0. The number of nitriles is 2. The van der Waals surface area contributed by atoms with Crippen molar-refractivity contribution in [2.45, 2.75) is 0 Å². The first-order chi connectivity index (χ1) is 20.8. The number of rotatable bonds is 3. The molecule has 0 amide bonds. The molecule has 0 aliphatic carbocycles. The van der Waals surface area contributed by atoms with Crippen LogP contribution in [0.1, 0.15) is 11.1 Å². The van der Waals surface area contributed by atoms with Crippen molar-refractivity contribution >= 4 is 43.6 Å². The van der Waals surface area contributed by atoms with Crippen LogP contribution in [-0.2, 0) is 0 Å². The van der Waals surface area contributed by atoms with Crippen LogP contribution in [-0.4, -0.2) is 9.13 Å². The van der Waals surface area contributed by atoms with E-state index in [1.807, 2.05) is 48.5 Å². The van der Waals surface area contributed by atoms with E-state index in [4.69, 9.17) is 0 Å². The third kappa shape index (κ3) is 3.40. The molecule has 0 fully saturated rings. The smallest absolute Gasteiger partial charge is 0.0998 e. The third-order valence-electron chi connectivity index (χ3n) is 8.20. The van der Waals surface area contributed by atoms with Crippen molar-refractivity contribution in [1.29, 1.82) is 10.5 Å². The van der Waals surface area contributed by atoms with Crippen LogP contribution in [0.2, 0.25) is 0 Å². The summed E-state index contributed by atoms with van der Waals surface area (Å²) < 4.78 is 4.48. The number of hydrogen-bond acceptors (Lipinski definition) is 2. The van der Waals surface area contributed by atoms with Gasteiger partial charge in [0.2, 0.25) is 0 Å². The Labute approximate surface area is 242 Å². The van der Waals surface area contributed by atoms with Gasteiger partial charge in [0.1, 0.15) is 0 Å². The first kappa shape index (κ1) is 23.8. The number of benzene rings is 6. The Hall–Kier alpha value is -6.10. The van der Waals surface area contributed by atoms with Gasteiger partial charge in [-0.25, -0.2) is 0 Å². The summed E-state index contributed by atoms with van der Waals surface area (Å²) in [6.45, 7) is 0. The third-order valence-corrected chi connectivity index (χ3v) is 8.20. The summed E-state index contributed by atoms with van der Waals surface area (Å²) in [5.41, 5.74) is 9.29. The maximum Gasteiger partial charge on any atom is 0.0998 e. The number of nitrogens with zero attached hydrogens (tertiary/aromatic N) is 4. The Kier molecular flexibility index (Phi) is 5.22. The largest absolute Gasteiger partial charge is 0.309 e. The Morgan fingerprint density at radius 1 is 0.429 bits per heavy atom. The van der Waals surface area contributed by atoms with Crippen molar-refractivity contribution in [3.05, 3.63) is 145 Å². The molecule has 0 atom stereocenters. The van der Waals surface area contributed by atoms with Gasteiger partial charge in [0.15, 0.2) is 0 Å². The fourth-order valence-corrected chi connectivity index (χ4v) is 6.40. The molecule has 194 valence electrons. The summed E-state index contributed by atoms with van der Waals surface area (Å²) in [5, 5.41) is 24.5. The maximum absolute atomic E-state index is 10.5. The number of para-hydroxylation sites is 4. The van der Waals surface area contributed by atoms with Crippen molar-refractivity contribution in [2.75, 3.05) is 0 Å². The Balaban J connectivity index is 1.37. The highest BCUT2D eigenvalue weighted by Gasteiger charge is 2.18. The minimum absolute atomic E-state index is 0.606. The van der Waals surface area contributed by atoms with E-state index in [-0.39, 0.29) is 0 Å². The molecule has 0 radical (unpaired) electrons. The normalized spacial score (nSPS) is 11.3. The average molecular weight is 535 g/mol. The van der Waals surface area contributed by atoms with E-state index in [1.54, 1.807) is 0 Å². The predicted octanol–water partition coefficient (Wildman–Crippen LogP) is 9.29. The van der Waals surface area contributed by atoms with E-state index < -0.39 is 0 Å². The molecule has 0 aliphatic rings. The van der Waals surface area contributed by atoms with Gasteiger partial charge >= 0.3 is 0 Å². The molecule has 4 nitrogen and oxygen atoms in total. The van der Waals surface area contributed by atoms with Crippen LogP contribution in [0.3, 0.4) is 0 Å². The molecule has 8 rings (SSSR count). The first-order valence-electron chi connectivity index (χ1n) is 13.8. The van der Waals surface area contributed by atoms with Crippen LogP contribution in [0, 0.1) is 22.7 Å². The van der Waals surface area contributed by atoms with Gasteiger partial charge in [-0.2, -0.15) is 10.5 Å². The van der Waals surface area contributed by atoms with Crippen molar-refractivity contribution in [3.63, 3.8) is 0 Å². The van der Waals surface area contributed by atoms with Crippen LogP contribution in [0.4, 0.5) is 0 Å². The van der Waals surface area contributed by atoms with E-state index >= 15 is 0 Å². The fraction of sp³-hybridized carbons (Fsp3) is 0. The number of aromatic nitrogens is 2. The summed E-state index contributed by atoms with van der Waals surface area (Å²) >= 11 is 0. The summed E-state index contributed by atoms with van der Waals surface area (Å²) in [7, 11) is 0. The Bertz CT molecular complexity index is 2390. The van der Waals surface area contributed by atoms with Gasteiger partial charge in [-0.1, -0.05) is 78.9 Å². The molecular weight excluding hydrogens is 512 g/mol. The zero-order valence-corrected chi connectivity index (χ0v) is 22.5. The second-order valence-electron chi connectivity index (χ2n) is 10.4. The van der Waals surface area contributed by atoms with Gasteiger partial charge in [0.25, 0.3) is 0 Å². The maximum atomic E-state index is 10.5. The predicted molar refractivity (Wildman–Crippen MR) is 170 cm³/mol. The zero-order valence-electron chi connectivity index (χ0n) is 22.5. The molecule has 2 aromatic heterocycles. The lowest BCUT2D eigenvalue weighted by Gasteiger charge is -2.16. The lowest BCUT2D eigenvalue weighted by molar-refractivity contribution is 1.17. The van der Waals surface area contributed by atoms with E-state index in [0.717, 1.165) is 55.3 Å². The fourth-order valence-electron chi connectivity index (χ4n) is 6.40. The topological polar surface area (TPSA) is 57.4 Å². The van der Waals surface area contributed by atoms with E-state index in [0.29, 0.717) is 11.1 Å². The lowest BCUT2D eigenvalue weighted by atomic mass is 9.97. The second-order valence-corrected chi connectivity index (χ2v) is 10.4. The summed E-state index contributed by atoms with van der Waals surface area (Å²) in [6, 6.07) is 50.1. The highest BCUT2D eigenvalue weighted by molar-refractivity contribution is 6.11. The van der Waals surface area contributed by atoms with Gasteiger partial charge in [0, 0.05) is 38.4 Å². The van der Waals surface area contributed by atoms with Crippen LogP contribution in [0.5, 0.6) is 0 Å². The van der Waals surface area contributed by atoms with Crippen molar-refractivity contribution < 1.29 is 0 Å². The minimum atomic E-state index is 0.606. The molecular formula is C38H22N4. The molecule has 6 aromatic carbocycles. The van der Waals surface area contributed by atoms with E-state index in [1.165, 1.54) is 10.8 Å². The number of fused-ring (bicyclic) bond motifs is 6. The zero-order chi connectivity index (χ0) is 28.2. The number of hydrogen-bond donors (Lipinski definition) is 0. The van der Waals surface area contributed by atoms with Crippen LogP contribution in [0.15, 0.2) is 133 Å². The van der Waals surface area contributed by atoms with Gasteiger partial charge in [-0.15, -0.1) is 0 Å². The minimum Gasteiger partial charge on any atom is -0.309 e. The van der Waals surface area contributed by atoms with Gasteiger partial charge in [-0.3, -0.25) is 0 Å². The van der Waals surface area contributed by atoms with Crippen molar-refractivity contribution in [3.8, 4) is 34.6 Å². The average Bonchev–Trinajstić information content (AvgIpc) is 3.57. The quantitative estimate of drug-likeness (QED) is 0.227. The lowest BCUT2D eigenvalue weighted by Crippen LogP contribution is -2.00. The van der Waals surface area contributed by atoms with Gasteiger partial charge < -0.3 is 9.13 Å². The molecule has 0 N–H and O–H groups in total. The Morgan fingerprint density at radius 2 is 1.00 bits per heavy atom. The van der Waals surface area contributed by atoms with E-state index in [2.05, 4.69) is 106 Å². The first-order valence-corrected chi connectivity index (χ1v) is 13.8. The summed E-state index contributed by atoms with van der Waals surface area (Å²) in [5.74, 6) is 0. The molecule has 0 aliphatic heterocycles. The van der Waals surface area contributed by atoms with Gasteiger partial charge in [0.05, 0.1) is 51.0 Å².